The second-order valence-corrected chi connectivity index (χ2v) is 6.09. The van der Waals surface area contributed by atoms with Crippen molar-refractivity contribution in [1.82, 2.24) is 9.78 Å². The van der Waals surface area contributed by atoms with Crippen LogP contribution in [-0.2, 0) is 11.3 Å². The van der Waals surface area contributed by atoms with Crippen LogP contribution in [0, 0.1) is 5.41 Å². The Morgan fingerprint density at radius 3 is 2.76 bits per heavy atom. The third kappa shape index (κ3) is 3.28. The summed E-state index contributed by atoms with van der Waals surface area (Å²) >= 11 is 1.37. The van der Waals surface area contributed by atoms with Gasteiger partial charge < -0.3 is 4.74 Å². The number of nitrogens with one attached hydrogen (secondary N) is 1. The van der Waals surface area contributed by atoms with E-state index >= 15 is 0 Å². The van der Waals surface area contributed by atoms with Crippen molar-refractivity contribution in [3.05, 3.63) is 45.7 Å². The Morgan fingerprint density at radius 2 is 2.05 bits per heavy atom. The molecule has 0 aliphatic carbocycles. The van der Waals surface area contributed by atoms with Crippen molar-refractivity contribution in [2.24, 2.45) is 0 Å². The van der Waals surface area contributed by atoms with Crippen molar-refractivity contribution >= 4 is 17.1 Å². The minimum Gasteiger partial charge on any atom is -0.381 e. The lowest BCUT2D eigenvalue weighted by atomic mass is 10.0. The van der Waals surface area contributed by atoms with Crippen LogP contribution < -0.4 is 4.80 Å². The molecule has 2 heterocycles. The van der Waals surface area contributed by atoms with Gasteiger partial charge in [0.05, 0.1) is 0 Å². The van der Waals surface area contributed by atoms with Gasteiger partial charge in [-0.25, -0.2) is 4.68 Å². The minimum absolute atomic E-state index is 0.0158. The third-order valence-corrected chi connectivity index (χ3v) is 4.64. The molecule has 1 aromatic carbocycles. The Kier molecular flexibility index (Phi) is 4.26. The van der Waals surface area contributed by atoms with Crippen molar-refractivity contribution in [1.29, 1.82) is 5.41 Å². The summed E-state index contributed by atoms with van der Waals surface area (Å²) in [4.78, 5) is 12.5. The number of carbonyl (C=O) groups excluding carboxylic acids is 1. The lowest BCUT2D eigenvalue weighted by Crippen LogP contribution is -2.21. The maximum Gasteiger partial charge on any atom is 0.200 e. The number of hydrogen-bond acceptors (Lipinski definition) is 5. The summed E-state index contributed by atoms with van der Waals surface area (Å²) in [6.45, 7) is 1.63. The molecule has 1 aliphatic heterocycles. The molecule has 0 saturated carbocycles. The topological polar surface area (TPSA) is 68.0 Å². The van der Waals surface area contributed by atoms with Gasteiger partial charge in [-0.2, -0.15) is 5.10 Å². The zero-order valence-electron chi connectivity index (χ0n) is 11.6. The van der Waals surface area contributed by atoms with E-state index in [1.54, 1.807) is 12.1 Å². The molecule has 110 valence electrons. The van der Waals surface area contributed by atoms with Gasteiger partial charge in [0.2, 0.25) is 4.80 Å². The van der Waals surface area contributed by atoms with E-state index < -0.39 is 0 Å². The van der Waals surface area contributed by atoms with Gasteiger partial charge in [-0.05, 0) is 12.8 Å². The average molecular weight is 303 g/mol. The number of aromatic nitrogens is 2. The first-order valence-corrected chi connectivity index (χ1v) is 7.84. The van der Waals surface area contributed by atoms with Crippen molar-refractivity contribution in [3.63, 3.8) is 0 Å². The van der Waals surface area contributed by atoms with Crippen LogP contribution in [0.25, 0.3) is 0 Å². The zero-order valence-corrected chi connectivity index (χ0v) is 12.4. The van der Waals surface area contributed by atoms with Crippen LogP contribution in [0.15, 0.2) is 30.3 Å². The lowest BCUT2D eigenvalue weighted by Gasteiger charge is -2.19. The maximum absolute atomic E-state index is 12.2. The molecule has 0 unspecified atom stereocenters. The largest absolute Gasteiger partial charge is 0.381 e. The van der Waals surface area contributed by atoms with Crippen LogP contribution in [0.4, 0.5) is 0 Å². The smallest absolute Gasteiger partial charge is 0.200 e. The number of hydrogen-bond donors (Lipinski definition) is 1. The molecule has 0 spiro atoms. The molecular formula is C15H17N3O2S. The SMILES string of the molecule is N=c1sc(C2CCOCC2)nn1CC(=O)c1ccccc1. The molecule has 1 fully saturated rings. The third-order valence-electron chi connectivity index (χ3n) is 3.61. The molecule has 0 radical (unpaired) electrons. The van der Waals surface area contributed by atoms with E-state index in [1.807, 2.05) is 18.2 Å². The summed E-state index contributed by atoms with van der Waals surface area (Å²) in [5.74, 6) is 0.346. The molecule has 0 atom stereocenters. The maximum atomic E-state index is 12.2. The van der Waals surface area contributed by atoms with E-state index in [9.17, 15) is 4.79 Å². The van der Waals surface area contributed by atoms with Crippen molar-refractivity contribution in [3.8, 4) is 0 Å². The summed E-state index contributed by atoms with van der Waals surface area (Å²) < 4.78 is 6.85. The fraction of sp³-hybridized carbons (Fsp3) is 0.400. The summed E-state index contributed by atoms with van der Waals surface area (Å²) in [7, 11) is 0. The highest BCUT2D eigenvalue weighted by Crippen LogP contribution is 2.26. The van der Waals surface area contributed by atoms with Crippen molar-refractivity contribution in [2.75, 3.05) is 13.2 Å². The summed E-state index contributed by atoms with van der Waals surface area (Å²) in [5.41, 5.74) is 0.657. The van der Waals surface area contributed by atoms with Crippen molar-refractivity contribution < 1.29 is 9.53 Å². The van der Waals surface area contributed by atoms with Crippen LogP contribution in [0.1, 0.15) is 34.1 Å². The molecule has 21 heavy (non-hydrogen) atoms. The fourth-order valence-electron chi connectivity index (χ4n) is 2.40. The van der Waals surface area contributed by atoms with Gasteiger partial charge in [0.15, 0.2) is 5.78 Å². The van der Waals surface area contributed by atoms with E-state index in [0.717, 1.165) is 31.1 Å². The molecule has 0 bridgehead atoms. The number of ketones is 1. The van der Waals surface area contributed by atoms with Crippen LogP contribution in [0.2, 0.25) is 0 Å². The van der Waals surface area contributed by atoms with Crippen LogP contribution >= 0.6 is 11.3 Å². The quantitative estimate of drug-likeness (QED) is 0.880. The van der Waals surface area contributed by atoms with Gasteiger partial charge in [0, 0.05) is 24.7 Å². The number of nitrogens with zero attached hydrogens (tertiary/aromatic N) is 2. The summed E-state index contributed by atoms with van der Waals surface area (Å²) in [6, 6.07) is 9.14. The van der Waals surface area contributed by atoms with Crippen LogP contribution in [0.3, 0.4) is 0 Å². The molecular weight excluding hydrogens is 286 g/mol. The minimum atomic E-state index is -0.0158. The van der Waals surface area contributed by atoms with E-state index in [-0.39, 0.29) is 12.3 Å². The predicted molar refractivity (Wildman–Crippen MR) is 79.5 cm³/mol. The molecule has 6 heteroatoms. The van der Waals surface area contributed by atoms with Gasteiger partial charge in [0.1, 0.15) is 11.6 Å². The molecule has 2 aromatic rings. The summed E-state index contributed by atoms with van der Waals surface area (Å²) in [6.07, 6.45) is 1.89. The van der Waals surface area contributed by atoms with Crippen LogP contribution in [0.5, 0.6) is 0 Å². The fourth-order valence-corrected chi connectivity index (χ4v) is 3.36. The first-order valence-electron chi connectivity index (χ1n) is 7.02. The molecule has 5 nitrogen and oxygen atoms in total. The first-order chi connectivity index (χ1) is 10.2. The Hall–Kier alpha value is -1.79. The number of rotatable bonds is 4. The average Bonchev–Trinajstić information content (AvgIpc) is 2.90. The standard InChI is InChI=1S/C15H17N3O2S/c16-15-18(10-13(19)11-4-2-1-3-5-11)17-14(21-15)12-6-8-20-9-7-12/h1-5,12,16H,6-10H2. The second-order valence-electron chi connectivity index (χ2n) is 5.08. The predicted octanol–water partition coefficient (Wildman–Crippen LogP) is 2.20. The van der Waals surface area contributed by atoms with Gasteiger partial charge in [-0.3, -0.25) is 10.2 Å². The van der Waals surface area contributed by atoms with Gasteiger partial charge in [-0.15, -0.1) is 0 Å². The van der Waals surface area contributed by atoms with Gasteiger partial charge in [-0.1, -0.05) is 41.7 Å². The Morgan fingerprint density at radius 1 is 1.33 bits per heavy atom. The molecule has 3 rings (SSSR count). The van der Waals surface area contributed by atoms with E-state index in [0.29, 0.717) is 16.3 Å². The number of ether oxygens (including phenoxy) is 1. The molecule has 1 aromatic heterocycles. The highest BCUT2D eigenvalue weighted by atomic mass is 32.1. The highest BCUT2D eigenvalue weighted by Gasteiger charge is 2.20. The Bertz CT molecular complexity index is 672. The van der Waals surface area contributed by atoms with E-state index in [1.165, 1.54) is 16.0 Å². The number of carbonyl (C=O) groups is 1. The van der Waals surface area contributed by atoms with Crippen LogP contribution in [-0.4, -0.2) is 28.8 Å². The Labute approximate surface area is 126 Å². The van der Waals surface area contributed by atoms with E-state index in [2.05, 4.69) is 5.10 Å². The molecule has 1 aliphatic rings. The first kappa shape index (κ1) is 14.2. The highest BCUT2D eigenvalue weighted by molar-refractivity contribution is 7.08. The normalized spacial score (nSPS) is 16.0. The van der Waals surface area contributed by atoms with E-state index in [4.69, 9.17) is 10.1 Å². The lowest BCUT2D eigenvalue weighted by molar-refractivity contribution is 0.0848. The number of benzene rings is 1. The zero-order chi connectivity index (χ0) is 14.7. The Balaban J connectivity index is 1.75. The second kappa shape index (κ2) is 6.32. The van der Waals surface area contributed by atoms with Gasteiger partial charge in [0.25, 0.3) is 0 Å². The molecule has 1 N–H and O–H groups in total. The summed E-state index contributed by atoms with van der Waals surface area (Å²) in [5, 5.41) is 13.4. The number of Topliss-reactive ketones (excluding diaryl/α,β-unsaturated/α-hetero) is 1. The van der Waals surface area contributed by atoms with Crippen molar-refractivity contribution in [2.45, 2.75) is 25.3 Å². The van der Waals surface area contributed by atoms with Gasteiger partial charge >= 0.3 is 0 Å². The molecule has 0 amide bonds. The molecule has 1 saturated heterocycles. The monoisotopic (exact) mass is 303 g/mol.